The molecule has 92 valence electrons. The second-order valence-corrected chi connectivity index (χ2v) is 5.71. The van der Waals surface area contributed by atoms with E-state index in [4.69, 9.17) is 0 Å². The Bertz CT molecular complexity index is 434. The second-order valence-electron chi connectivity index (χ2n) is 4.80. The van der Waals surface area contributed by atoms with Gasteiger partial charge in [-0.1, -0.05) is 41.8 Å². The Morgan fingerprint density at radius 1 is 1.35 bits per heavy atom. The normalized spacial score (nSPS) is 18.2. The van der Waals surface area contributed by atoms with Gasteiger partial charge in [-0.15, -0.1) is 0 Å². The van der Waals surface area contributed by atoms with E-state index in [0.29, 0.717) is 0 Å². The maximum absolute atomic E-state index is 11.6. The van der Waals surface area contributed by atoms with Crippen LogP contribution in [0.4, 0.5) is 0 Å². The molecule has 0 radical (unpaired) electrons. The molecule has 17 heavy (non-hydrogen) atoms. The average molecular weight is 297 g/mol. The molecule has 0 saturated heterocycles. The Hall–Kier alpha value is -0.830. The van der Waals surface area contributed by atoms with Crippen molar-refractivity contribution in [2.24, 2.45) is 0 Å². The first-order valence-corrected chi connectivity index (χ1v) is 6.91. The lowest BCUT2D eigenvalue weighted by molar-refractivity contribution is -0.143. The minimum Gasteiger partial charge on any atom is -0.481 e. The summed E-state index contributed by atoms with van der Waals surface area (Å²) >= 11 is 3.48. The zero-order valence-electron chi connectivity index (χ0n) is 10.0. The summed E-state index contributed by atoms with van der Waals surface area (Å²) in [6, 6.07) is 6.09. The van der Waals surface area contributed by atoms with Crippen molar-refractivity contribution < 1.29 is 9.90 Å². The minimum atomic E-state index is -0.671. The fourth-order valence-corrected chi connectivity index (χ4v) is 3.28. The van der Waals surface area contributed by atoms with Crippen LogP contribution < -0.4 is 0 Å². The van der Waals surface area contributed by atoms with Gasteiger partial charge in [0.15, 0.2) is 0 Å². The average Bonchev–Trinajstić information content (AvgIpc) is 2.78. The molecule has 2 nitrogen and oxygen atoms in total. The number of carbonyl (C=O) groups is 1. The van der Waals surface area contributed by atoms with E-state index < -0.39 is 11.4 Å². The van der Waals surface area contributed by atoms with Gasteiger partial charge in [0.1, 0.15) is 0 Å². The first-order chi connectivity index (χ1) is 8.08. The summed E-state index contributed by atoms with van der Waals surface area (Å²) < 4.78 is 0.986. The molecule has 0 heterocycles. The van der Waals surface area contributed by atoms with Gasteiger partial charge in [-0.05, 0) is 42.5 Å². The molecule has 3 heteroatoms. The molecule has 0 bridgehead atoms. The van der Waals surface area contributed by atoms with Crippen LogP contribution in [0.15, 0.2) is 22.7 Å². The number of hydrogen-bond acceptors (Lipinski definition) is 1. The molecule has 0 aromatic heterocycles. The molecule has 0 spiro atoms. The fraction of sp³-hybridized carbons (Fsp3) is 0.500. The monoisotopic (exact) mass is 296 g/mol. The molecule has 1 aliphatic carbocycles. The van der Waals surface area contributed by atoms with Crippen LogP contribution >= 0.6 is 15.9 Å². The number of aryl methyl sites for hydroxylation is 1. The van der Waals surface area contributed by atoms with Gasteiger partial charge in [0.05, 0.1) is 5.41 Å². The number of halogens is 1. The van der Waals surface area contributed by atoms with Crippen LogP contribution in [-0.2, 0) is 16.6 Å². The summed E-state index contributed by atoms with van der Waals surface area (Å²) in [5.41, 5.74) is 1.52. The van der Waals surface area contributed by atoms with Crippen molar-refractivity contribution in [1.82, 2.24) is 0 Å². The molecule has 1 N–H and O–H groups in total. The van der Waals surface area contributed by atoms with E-state index in [0.717, 1.165) is 42.1 Å². The van der Waals surface area contributed by atoms with Crippen LogP contribution in [0.3, 0.4) is 0 Å². The Labute approximate surface area is 110 Å². The molecular formula is C14H17BrO2. The Balaban J connectivity index is 2.50. The van der Waals surface area contributed by atoms with Crippen molar-refractivity contribution in [3.05, 3.63) is 33.8 Å². The SMILES string of the molecule is CCc1cc(Br)cc(C2(C(=O)O)CCCC2)c1. The number of carboxylic acids is 1. The highest BCUT2D eigenvalue weighted by molar-refractivity contribution is 9.10. The van der Waals surface area contributed by atoms with Crippen molar-refractivity contribution >= 4 is 21.9 Å². The summed E-state index contributed by atoms with van der Waals surface area (Å²) in [6.07, 6.45) is 4.49. The van der Waals surface area contributed by atoms with Crippen molar-refractivity contribution in [2.45, 2.75) is 44.4 Å². The molecule has 0 amide bonds. The van der Waals surface area contributed by atoms with Gasteiger partial charge < -0.3 is 5.11 Å². The summed E-state index contributed by atoms with van der Waals surface area (Å²) in [5, 5.41) is 9.56. The van der Waals surface area contributed by atoms with E-state index in [1.165, 1.54) is 5.56 Å². The molecule has 1 aromatic rings. The highest BCUT2D eigenvalue weighted by Gasteiger charge is 2.43. The predicted molar refractivity (Wildman–Crippen MR) is 71.3 cm³/mol. The van der Waals surface area contributed by atoms with Gasteiger partial charge >= 0.3 is 5.97 Å². The molecule has 0 unspecified atom stereocenters. The molecule has 2 rings (SSSR count). The number of carboxylic acid groups (broad SMARTS) is 1. The van der Waals surface area contributed by atoms with E-state index in [2.05, 4.69) is 35.0 Å². The van der Waals surface area contributed by atoms with Crippen LogP contribution in [-0.4, -0.2) is 11.1 Å². The number of benzene rings is 1. The summed E-state index contributed by atoms with van der Waals surface area (Å²) in [4.78, 5) is 11.6. The zero-order valence-corrected chi connectivity index (χ0v) is 11.6. The van der Waals surface area contributed by atoms with Gasteiger partial charge in [0.2, 0.25) is 0 Å². The second kappa shape index (κ2) is 4.81. The highest BCUT2D eigenvalue weighted by Crippen LogP contribution is 2.42. The quantitative estimate of drug-likeness (QED) is 0.918. The van der Waals surface area contributed by atoms with Crippen LogP contribution in [0.2, 0.25) is 0 Å². The first-order valence-electron chi connectivity index (χ1n) is 6.12. The molecular weight excluding hydrogens is 280 g/mol. The van der Waals surface area contributed by atoms with Crippen LogP contribution in [0.5, 0.6) is 0 Å². The van der Waals surface area contributed by atoms with Crippen molar-refractivity contribution in [1.29, 1.82) is 0 Å². The van der Waals surface area contributed by atoms with E-state index in [9.17, 15) is 9.90 Å². The molecule has 0 aliphatic heterocycles. The summed E-state index contributed by atoms with van der Waals surface area (Å²) in [7, 11) is 0. The van der Waals surface area contributed by atoms with Crippen LogP contribution in [0, 0.1) is 0 Å². The third-order valence-corrected chi connectivity index (χ3v) is 4.24. The van der Waals surface area contributed by atoms with Crippen LogP contribution in [0.1, 0.15) is 43.7 Å². The van der Waals surface area contributed by atoms with Gasteiger partial charge in [-0.25, -0.2) is 0 Å². The predicted octanol–water partition coefficient (Wildman–Crippen LogP) is 3.91. The van der Waals surface area contributed by atoms with Gasteiger partial charge in [0, 0.05) is 4.47 Å². The lowest BCUT2D eigenvalue weighted by atomic mass is 9.78. The Morgan fingerprint density at radius 3 is 2.53 bits per heavy atom. The summed E-state index contributed by atoms with van der Waals surface area (Å²) in [5.74, 6) is -0.671. The van der Waals surface area contributed by atoms with E-state index in [1.807, 2.05) is 6.07 Å². The number of hydrogen-bond donors (Lipinski definition) is 1. The lowest BCUT2D eigenvalue weighted by Gasteiger charge is -2.25. The fourth-order valence-electron chi connectivity index (χ4n) is 2.74. The zero-order chi connectivity index (χ0) is 12.5. The summed E-state index contributed by atoms with van der Waals surface area (Å²) in [6.45, 7) is 2.09. The maximum atomic E-state index is 11.6. The maximum Gasteiger partial charge on any atom is 0.314 e. The molecule has 0 atom stereocenters. The molecule has 1 aromatic carbocycles. The molecule has 1 fully saturated rings. The lowest BCUT2D eigenvalue weighted by Crippen LogP contribution is -2.32. The minimum absolute atomic E-state index is 0.645. The van der Waals surface area contributed by atoms with E-state index in [1.54, 1.807) is 0 Å². The van der Waals surface area contributed by atoms with Gasteiger partial charge in [0.25, 0.3) is 0 Å². The largest absolute Gasteiger partial charge is 0.481 e. The van der Waals surface area contributed by atoms with Crippen molar-refractivity contribution in [3.63, 3.8) is 0 Å². The van der Waals surface area contributed by atoms with Gasteiger partial charge in [-0.3, -0.25) is 4.79 Å². The Kier molecular flexibility index (Phi) is 3.57. The number of rotatable bonds is 3. The standard InChI is InChI=1S/C14H17BrO2/c1-2-10-7-11(9-12(15)8-10)14(13(16)17)5-3-4-6-14/h7-9H,2-6H2,1H3,(H,16,17). The molecule has 1 saturated carbocycles. The van der Waals surface area contributed by atoms with E-state index in [-0.39, 0.29) is 0 Å². The van der Waals surface area contributed by atoms with Gasteiger partial charge in [-0.2, -0.15) is 0 Å². The van der Waals surface area contributed by atoms with E-state index >= 15 is 0 Å². The Morgan fingerprint density at radius 2 is 2.00 bits per heavy atom. The third kappa shape index (κ3) is 2.25. The number of aliphatic carboxylic acids is 1. The van der Waals surface area contributed by atoms with Crippen LogP contribution in [0.25, 0.3) is 0 Å². The molecule has 1 aliphatic rings. The van der Waals surface area contributed by atoms with Crippen molar-refractivity contribution in [3.8, 4) is 0 Å². The smallest absolute Gasteiger partial charge is 0.314 e. The third-order valence-electron chi connectivity index (χ3n) is 3.78. The van der Waals surface area contributed by atoms with Crippen molar-refractivity contribution in [2.75, 3.05) is 0 Å². The highest BCUT2D eigenvalue weighted by atomic mass is 79.9. The first kappa shape index (κ1) is 12.6. The topological polar surface area (TPSA) is 37.3 Å².